The number of rotatable bonds is 15. The van der Waals surface area contributed by atoms with Crippen LogP contribution in [0.15, 0.2) is 12.5 Å². The van der Waals surface area contributed by atoms with E-state index in [4.69, 9.17) is 0 Å². The van der Waals surface area contributed by atoms with Gasteiger partial charge in [0.25, 0.3) is 0 Å². The summed E-state index contributed by atoms with van der Waals surface area (Å²) in [4.78, 5) is 18.1. The van der Waals surface area contributed by atoms with Crippen molar-refractivity contribution < 1.29 is 15.0 Å². The van der Waals surface area contributed by atoms with Gasteiger partial charge in [-0.3, -0.25) is 4.79 Å². The second-order valence-corrected chi connectivity index (χ2v) is 6.50. The molecule has 1 rings (SSSR count). The highest BCUT2D eigenvalue weighted by Gasteiger charge is 2.19. The van der Waals surface area contributed by atoms with Crippen LogP contribution in [0.1, 0.15) is 70.4 Å². The number of aromatic nitrogens is 2. The van der Waals surface area contributed by atoms with Gasteiger partial charge in [-0.15, -0.1) is 0 Å². The Labute approximate surface area is 145 Å². The summed E-state index contributed by atoms with van der Waals surface area (Å²) in [5.41, 5.74) is 0.771. The van der Waals surface area contributed by atoms with E-state index in [9.17, 15) is 15.0 Å². The van der Waals surface area contributed by atoms with Gasteiger partial charge >= 0.3 is 5.97 Å². The number of hydrogen-bond acceptors (Lipinski definition) is 4. The van der Waals surface area contributed by atoms with Crippen LogP contribution in [0.4, 0.5) is 0 Å². The van der Waals surface area contributed by atoms with Gasteiger partial charge in [-0.25, -0.2) is 4.98 Å². The number of nitrogens with one attached hydrogen (secondary N) is 2. The van der Waals surface area contributed by atoms with Crippen molar-refractivity contribution in [3.63, 3.8) is 0 Å². The highest BCUT2D eigenvalue weighted by atomic mass is 16.4. The average Bonchev–Trinajstić information content (AvgIpc) is 3.06. The Morgan fingerprint density at radius 2 is 1.88 bits per heavy atom. The summed E-state index contributed by atoms with van der Waals surface area (Å²) in [7, 11) is 0. The molecule has 6 heteroatoms. The highest BCUT2D eigenvalue weighted by Crippen LogP contribution is 2.10. The van der Waals surface area contributed by atoms with E-state index in [-0.39, 0.29) is 0 Å². The zero-order valence-corrected chi connectivity index (χ0v) is 14.8. The number of hydrogen-bond donors (Lipinski definition) is 4. The second kappa shape index (κ2) is 13.0. The first-order chi connectivity index (χ1) is 11.6. The van der Waals surface area contributed by atoms with Crippen LogP contribution in [0.25, 0.3) is 0 Å². The van der Waals surface area contributed by atoms with Crippen molar-refractivity contribution in [2.24, 2.45) is 0 Å². The third-order valence-electron chi connectivity index (χ3n) is 4.27. The zero-order chi connectivity index (χ0) is 17.6. The lowest BCUT2D eigenvalue weighted by Gasteiger charge is -2.17. The SMILES string of the molecule is CCCCCCCCCCC(O)CN[C@@H](Cc1cnc[nH]1)C(=O)O. The molecule has 0 aromatic carbocycles. The minimum atomic E-state index is -0.913. The van der Waals surface area contributed by atoms with Gasteiger partial charge in [0.15, 0.2) is 0 Å². The molecular weight excluding hydrogens is 306 g/mol. The van der Waals surface area contributed by atoms with E-state index in [2.05, 4.69) is 22.2 Å². The third kappa shape index (κ3) is 9.67. The summed E-state index contributed by atoms with van der Waals surface area (Å²) in [6, 6.07) is -0.710. The van der Waals surface area contributed by atoms with Crippen molar-refractivity contribution in [3.05, 3.63) is 18.2 Å². The fraction of sp³-hybridized carbons (Fsp3) is 0.778. The molecule has 0 aliphatic carbocycles. The molecule has 0 spiro atoms. The molecular formula is C18H33N3O3. The predicted octanol–water partition coefficient (Wildman–Crippen LogP) is 2.89. The normalized spacial score (nSPS) is 13.8. The van der Waals surface area contributed by atoms with E-state index in [0.717, 1.165) is 25.0 Å². The monoisotopic (exact) mass is 339 g/mol. The Bertz CT molecular complexity index is 423. The molecule has 0 saturated heterocycles. The molecule has 2 atom stereocenters. The molecule has 1 aromatic heterocycles. The number of unbranched alkanes of at least 4 members (excludes halogenated alkanes) is 7. The Hall–Kier alpha value is -1.40. The summed E-state index contributed by atoms with van der Waals surface area (Å²) in [6.07, 6.45) is 13.6. The van der Waals surface area contributed by atoms with Gasteiger partial charge in [0.05, 0.1) is 12.4 Å². The van der Waals surface area contributed by atoms with Crippen LogP contribution < -0.4 is 5.32 Å². The summed E-state index contributed by atoms with van der Waals surface area (Å²) in [5, 5.41) is 22.2. The number of aliphatic hydroxyl groups is 1. The quantitative estimate of drug-likeness (QED) is 0.368. The maximum Gasteiger partial charge on any atom is 0.321 e. The van der Waals surface area contributed by atoms with Crippen molar-refractivity contribution in [2.45, 2.75) is 83.3 Å². The van der Waals surface area contributed by atoms with Crippen molar-refractivity contribution >= 4 is 5.97 Å². The number of carboxylic acids is 1. The average molecular weight is 339 g/mol. The molecule has 1 unspecified atom stereocenters. The number of imidazole rings is 1. The Morgan fingerprint density at radius 1 is 1.21 bits per heavy atom. The largest absolute Gasteiger partial charge is 0.480 e. The lowest BCUT2D eigenvalue weighted by Crippen LogP contribution is -2.42. The van der Waals surface area contributed by atoms with Gasteiger partial charge in [0.1, 0.15) is 6.04 Å². The summed E-state index contributed by atoms with van der Waals surface area (Å²) >= 11 is 0. The lowest BCUT2D eigenvalue weighted by atomic mass is 10.1. The maximum atomic E-state index is 11.3. The van der Waals surface area contributed by atoms with E-state index in [1.54, 1.807) is 6.20 Å². The van der Waals surface area contributed by atoms with E-state index in [0.29, 0.717) is 13.0 Å². The molecule has 0 amide bonds. The van der Waals surface area contributed by atoms with Crippen molar-refractivity contribution in [1.29, 1.82) is 0 Å². The molecule has 0 aliphatic heterocycles. The van der Waals surface area contributed by atoms with Gasteiger partial charge in [0.2, 0.25) is 0 Å². The van der Waals surface area contributed by atoms with E-state index >= 15 is 0 Å². The number of carbonyl (C=O) groups is 1. The van der Waals surface area contributed by atoms with Crippen LogP contribution >= 0.6 is 0 Å². The summed E-state index contributed by atoms with van der Waals surface area (Å²) in [5.74, 6) is -0.913. The Morgan fingerprint density at radius 3 is 2.46 bits per heavy atom. The summed E-state index contributed by atoms with van der Waals surface area (Å²) in [6.45, 7) is 2.53. The van der Waals surface area contributed by atoms with Crippen molar-refractivity contribution in [3.8, 4) is 0 Å². The third-order valence-corrected chi connectivity index (χ3v) is 4.27. The van der Waals surface area contributed by atoms with Crippen LogP contribution in [0, 0.1) is 0 Å². The molecule has 0 radical (unpaired) electrons. The van der Waals surface area contributed by atoms with Gasteiger partial charge in [-0.2, -0.15) is 0 Å². The summed E-state index contributed by atoms with van der Waals surface area (Å²) < 4.78 is 0. The first kappa shape index (κ1) is 20.6. The number of aliphatic carboxylic acids is 1. The fourth-order valence-electron chi connectivity index (χ4n) is 2.76. The predicted molar refractivity (Wildman–Crippen MR) is 95.0 cm³/mol. The Balaban J connectivity index is 2.08. The van der Waals surface area contributed by atoms with Gasteiger partial charge in [-0.1, -0.05) is 58.3 Å². The standard InChI is InChI=1S/C18H33N3O3/c1-2-3-4-5-6-7-8-9-10-16(22)13-20-17(18(23)24)11-15-12-19-14-21-15/h12,14,16-17,20,22H,2-11,13H2,1H3,(H,19,21)(H,23,24)/t16?,17-/m0/s1. The molecule has 4 N–H and O–H groups in total. The molecule has 24 heavy (non-hydrogen) atoms. The number of aliphatic hydroxyl groups excluding tert-OH is 1. The van der Waals surface area contributed by atoms with Gasteiger partial charge < -0.3 is 20.5 Å². The van der Waals surface area contributed by atoms with Crippen molar-refractivity contribution in [2.75, 3.05) is 6.54 Å². The molecule has 6 nitrogen and oxygen atoms in total. The molecule has 138 valence electrons. The fourth-order valence-corrected chi connectivity index (χ4v) is 2.76. The minimum absolute atomic E-state index is 0.307. The van der Waals surface area contributed by atoms with Crippen LogP contribution in [-0.4, -0.2) is 44.8 Å². The first-order valence-corrected chi connectivity index (χ1v) is 9.25. The molecule has 0 aliphatic rings. The molecule has 0 fully saturated rings. The first-order valence-electron chi connectivity index (χ1n) is 9.25. The van der Waals surface area contributed by atoms with Crippen molar-refractivity contribution in [1.82, 2.24) is 15.3 Å². The maximum absolute atomic E-state index is 11.3. The number of carboxylic acid groups (broad SMARTS) is 1. The van der Waals surface area contributed by atoms with Crippen LogP contribution in [0.3, 0.4) is 0 Å². The number of aromatic amines is 1. The Kier molecular flexibility index (Phi) is 11.1. The molecule has 1 heterocycles. The number of H-pyrrole nitrogens is 1. The zero-order valence-electron chi connectivity index (χ0n) is 14.8. The molecule has 0 bridgehead atoms. The van der Waals surface area contributed by atoms with Gasteiger partial charge in [0, 0.05) is 24.9 Å². The lowest BCUT2D eigenvalue weighted by molar-refractivity contribution is -0.139. The van der Waals surface area contributed by atoms with E-state index in [1.807, 2.05) is 0 Å². The van der Waals surface area contributed by atoms with Crippen LogP contribution in [0.5, 0.6) is 0 Å². The van der Waals surface area contributed by atoms with E-state index in [1.165, 1.54) is 44.9 Å². The van der Waals surface area contributed by atoms with Crippen LogP contribution in [0.2, 0.25) is 0 Å². The second-order valence-electron chi connectivity index (χ2n) is 6.50. The minimum Gasteiger partial charge on any atom is -0.480 e. The van der Waals surface area contributed by atoms with E-state index < -0.39 is 18.1 Å². The van der Waals surface area contributed by atoms with Crippen LogP contribution in [-0.2, 0) is 11.2 Å². The van der Waals surface area contributed by atoms with Gasteiger partial charge in [-0.05, 0) is 6.42 Å². The highest BCUT2D eigenvalue weighted by molar-refractivity contribution is 5.73. The smallest absolute Gasteiger partial charge is 0.321 e. The number of nitrogens with zero attached hydrogens (tertiary/aromatic N) is 1. The molecule has 0 saturated carbocycles. The topological polar surface area (TPSA) is 98.2 Å². The molecule has 1 aromatic rings.